The van der Waals surface area contributed by atoms with Gasteiger partial charge in [0.15, 0.2) is 0 Å². The highest BCUT2D eigenvalue weighted by molar-refractivity contribution is 5.85. The fraction of sp³-hybridized carbons (Fsp3) is 0.913. The average molecular weight is 709 g/mol. The van der Waals surface area contributed by atoms with Gasteiger partial charge in [-0.1, -0.05) is 125 Å². The normalized spacial score (nSPS) is 43.4. The zero-order valence-corrected chi connectivity index (χ0v) is 34.0. The summed E-state index contributed by atoms with van der Waals surface area (Å²) >= 11 is 0. The molecule has 1 saturated heterocycles. The molecule has 0 aromatic carbocycles. The Morgan fingerprint density at radius 1 is 0.784 bits per heavy atom. The van der Waals surface area contributed by atoms with Crippen LogP contribution in [0.25, 0.3) is 0 Å². The Kier molecular flexibility index (Phi) is 11.3. The van der Waals surface area contributed by atoms with E-state index >= 15 is 0 Å². The van der Waals surface area contributed by atoms with Crippen molar-refractivity contribution >= 4 is 11.9 Å². The first-order valence-corrected chi connectivity index (χ1v) is 21.9. The van der Waals surface area contributed by atoms with E-state index in [2.05, 4.69) is 48.1 Å². The Labute approximate surface area is 312 Å². The quantitative estimate of drug-likeness (QED) is 0.0981. The molecule has 0 radical (unpaired) electrons. The van der Waals surface area contributed by atoms with Gasteiger partial charge in [-0.25, -0.2) is 0 Å². The molecule has 5 nitrogen and oxygen atoms in total. The Hall–Kier alpha value is -1.36. The number of esters is 2. The molecule has 6 rings (SSSR count). The summed E-state index contributed by atoms with van der Waals surface area (Å²) in [6.07, 6.45) is 25.3. The van der Waals surface area contributed by atoms with Crippen LogP contribution in [0.2, 0.25) is 0 Å². The largest absolute Gasteiger partial charge is 0.461 e. The van der Waals surface area contributed by atoms with Crippen LogP contribution < -0.4 is 0 Å². The topological polar surface area (TPSA) is 72.8 Å². The molecule has 11 atom stereocenters. The Bertz CT molecular complexity index is 1290. The second kappa shape index (κ2) is 14.7. The van der Waals surface area contributed by atoms with Crippen molar-refractivity contribution in [1.82, 2.24) is 0 Å². The third-order valence-corrected chi connectivity index (χ3v) is 17.6. The first-order chi connectivity index (χ1) is 24.1. The highest BCUT2D eigenvalue weighted by Crippen LogP contribution is 2.80. The molecule has 5 aliphatic carbocycles. The van der Waals surface area contributed by atoms with E-state index in [1.165, 1.54) is 77.0 Å². The van der Waals surface area contributed by atoms with Crippen molar-refractivity contribution in [3.8, 4) is 0 Å². The van der Waals surface area contributed by atoms with Gasteiger partial charge in [0.05, 0.1) is 6.10 Å². The van der Waals surface area contributed by atoms with Gasteiger partial charge in [-0.05, 0) is 110 Å². The molecule has 0 spiro atoms. The molecular weight excluding hydrogens is 633 g/mol. The summed E-state index contributed by atoms with van der Waals surface area (Å²) in [6.45, 7) is 21.1. The summed E-state index contributed by atoms with van der Waals surface area (Å²) in [7, 11) is 0. The molecule has 6 aliphatic rings. The lowest BCUT2D eigenvalue weighted by molar-refractivity contribution is -0.247. The van der Waals surface area contributed by atoms with E-state index in [-0.39, 0.29) is 45.6 Å². The Balaban J connectivity index is 1.08. The number of carbonyl (C=O) groups excluding carboxylic acids is 2. The van der Waals surface area contributed by atoms with Crippen LogP contribution in [0.1, 0.15) is 196 Å². The summed E-state index contributed by atoms with van der Waals surface area (Å²) in [4.78, 5) is 27.6. The molecule has 0 amide bonds. The molecule has 1 aliphatic heterocycles. The lowest BCUT2D eigenvalue weighted by atomic mass is 9.32. The molecule has 0 aromatic heterocycles. The minimum Gasteiger partial charge on any atom is -0.461 e. The molecule has 6 fully saturated rings. The van der Waals surface area contributed by atoms with Gasteiger partial charge in [-0.3, -0.25) is 9.59 Å². The molecular formula is C46H76O5. The number of ether oxygens (including phenoxy) is 2. The predicted molar refractivity (Wildman–Crippen MR) is 206 cm³/mol. The molecule has 51 heavy (non-hydrogen) atoms. The number of hydrogen-bond acceptors (Lipinski definition) is 5. The second-order valence-corrected chi connectivity index (χ2v) is 20.3. The highest BCUT2D eigenvalue weighted by Gasteiger charge is 2.82. The molecule has 5 saturated carbocycles. The maximum absolute atomic E-state index is 14.2. The standard InChI is InChI=1S/C46H76O5/c1-9-10-11-12-13-14-15-16-17-18-19-20-21-22-38(48)50-37-31-46(32(2)3)39-33-23-24-35-42(6)27-26-36(47)41(4,5)34(42)25-28-44(35,8)43(33,7)29-30-45(37,39)40(49)51-46/h33-37,39,47H,2,9-31H2,1,3-8H3/t33-,34-,35+,36+,37+,39+,42+,43+,44+,45+,46+/m0/s1. The smallest absolute Gasteiger partial charge is 0.317 e. The number of rotatable bonds is 16. The Morgan fingerprint density at radius 3 is 2.00 bits per heavy atom. The minimum absolute atomic E-state index is 0.0100. The van der Waals surface area contributed by atoms with Crippen molar-refractivity contribution in [1.29, 1.82) is 0 Å². The van der Waals surface area contributed by atoms with Crippen molar-refractivity contribution < 1.29 is 24.2 Å². The molecule has 1 N–H and O–H groups in total. The summed E-state index contributed by atoms with van der Waals surface area (Å²) in [5.41, 5.74) is -0.239. The van der Waals surface area contributed by atoms with Crippen molar-refractivity contribution in [3.05, 3.63) is 12.2 Å². The molecule has 0 unspecified atom stereocenters. The first-order valence-electron chi connectivity index (χ1n) is 21.9. The van der Waals surface area contributed by atoms with Gasteiger partial charge >= 0.3 is 11.9 Å². The van der Waals surface area contributed by atoms with Crippen LogP contribution in [0.15, 0.2) is 12.2 Å². The number of carbonyl (C=O) groups is 2. The van der Waals surface area contributed by atoms with E-state index in [1.807, 2.05) is 6.92 Å². The second-order valence-electron chi connectivity index (χ2n) is 20.3. The van der Waals surface area contributed by atoms with E-state index < -0.39 is 17.1 Å². The minimum atomic E-state index is -0.754. The number of hydrogen-bond donors (Lipinski definition) is 1. The number of aliphatic hydroxyl groups is 1. The monoisotopic (exact) mass is 709 g/mol. The van der Waals surface area contributed by atoms with Gasteiger partial charge in [0.1, 0.15) is 17.1 Å². The molecule has 1 heterocycles. The van der Waals surface area contributed by atoms with E-state index in [0.29, 0.717) is 30.6 Å². The first kappa shape index (κ1) is 39.3. The summed E-state index contributed by atoms with van der Waals surface area (Å²) in [6, 6.07) is 0. The predicted octanol–water partition coefficient (Wildman–Crippen LogP) is 11.7. The summed E-state index contributed by atoms with van der Waals surface area (Å²) < 4.78 is 12.9. The van der Waals surface area contributed by atoms with Gasteiger partial charge in [-0.15, -0.1) is 0 Å². The highest BCUT2D eigenvalue weighted by atomic mass is 16.6. The molecule has 5 heteroatoms. The molecule has 290 valence electrons. The zero-order chi connectivity index (χ0) is 36.9. The number of aliphatic hydroxyl groups excluding tert-OH is 1. The van der Waals surface area contributed by atoms with Gasteiger partial charge in [0, 0.05) is 18.8 Å². The van der Waals surface area contributed by atoms with Gasteiger partial charge in [0.2, 0.25) is 0 Å². The van der Waals surface area contributed by atoms with Crippen LogP contribution >= 0.6 is 0 Å². The zero-order valence-electron chi connectivity index (χ0n) is 34.0. The van der Waals surface area contributed by atoms with Crippen LogP contribution in [0.3, 0.4) is 0 Å². The SMILES string of the molecule is C=C(C)[C@]12C[C@@H](OC(=O)CCCCCCCCCCCCCCC)[C@@]3(CC[C@]4(C)[C@@H](CC[C@@H]5[C@]6(C)CC[C@@H](O)C(C)(C)[C@@H]6CC[C@]54C)[C@H]31)C(=O)O2. The fourth-order valence-electron chi connectivity index (χ4n) is 14.5. The van der Waals surface area contributed by atoms with E-state index in [9.17, 15) is 14.7 Å². The van der Waals surface area contributed by atoms with Gasteiger partial charge in [-0.2, -0.15) is 0 Å². The van der Waals surface area contributed by atoms with Gasteiger partial charge < -0.3 is 14.6 Å². The molecule has 2 bridgehead atoms. The van der Waals surface area contributed by atoms with Crippen molar-refractivity contribution in [2.45, 2.75) is 214 Å². The number of unbranched alkanes of at least 4 members (excludes halogenated alkanes) is 12. The lowest BCUT2D eigenvalue weighted by Gasteiger charge is -2.72. The fourth-order valence-corrected chi connectivity index (χ4v) is 14.5. The summed E-state index contributed by atoms with van der Waals surface area (Å²) in [5, 5.41) is 11.1. The van der Waals surface area contributed by atoms with Crippen LogP contribution in [0, 0.1) is 50.7 Å². The third kappa shape index (κ3) is 6.20. The van der Waals surface area contributed by atoms with Crippen LogP contribution in [-0.2, 0) is 19.1 Å². The average Bonchev–Trinajstić information content (AvgIpc) is 3.50. The third-order valence-electron chi connectivity index (χ3n) is 17.6. The van der Waals surface area contributed by atoms with Crippen LogP contribution in [-0.4, -0.2) is 34.9 Å². The maximum Gasteiger partial charge on any atom is 0.317 e. The van der Waals surface area contributed by atoms with E-state index in [4.69, 9.17) is 9.47 Å². The van der Waals surface area contributed by atoms with Crippen LogP contribution in [0.5, 0.6) is 0 Å². The Morgan fingerprint density at radius 2 is 1.39 bits per heavy atom. The van der Waals surface area contributed by atoms with Crippen molar-refractivity contribution in [2.75, 3.05) is 0 Å². The van der Waals surface area contributed by atoms with E-state index in [0.717, 1.165) is 63.4 Å². The van der Waals surface area contributed by atoms with E-state index in [1.54, 1.807) is 0 Å². The van der Waals surface area contributed by atoms with Crippen molar-refractivity contribution in [3.63, 3.8) is 0 Å². The molecule has 0 aromatic rings. The van der Waals surface area contributed by atoms with Crippen LogP contribution in [0.4, 0.5) is 0 Å². The summed E-state index contributed by atoms with van der Waals surface area (Å²) in [5.74, 6) is 1.18. The van der Waals surface area contributed by atoms with Crippen molar-refractivity contribution in [2.24, 2.45) is 50.7 Å². The number of fused-ring (bicyclic) bond motifs is 5. The van der Waals surface area contributed by atoms with Gasteiger partial charge in [0.25, 0.3) is 0 Å². The maximum atomic E-state index is 14.2. The lowest BCUT2D eigenvalue weighted by Crippen LogP contribution is -2.67.